The zero-order chi connectivity index (χ0) is 20.6. The zero-order valence-electron chi connectivity index (χ0n) is 15.8. The van der Waals surface area contributed by atoms with Crippen molar-refractivity contribution in [2.24, 2.45) is 5.92 Å². The Kier molecular flexibility index (Phi) is 5.48. The number of halogens is 2. The molecule has 0 atom stereocenters. The highest BCUT2D eigenvalue weighted by atomic mass is 79.9. The third-order valence-corrected chi connectivity index (χ3v) is 7.32. The SMILES string of the molecule is CC1CCN(c2oc(-c3ccc(F)cc3)nc2S(=O)(=O)c2ccc(Br)cc2)CC1. The van der Waals surface area contributed by atoms with Gasteiger partial charge in [-0.25, -0.2) is 12.8 Å². The van der Waals surface area contributed by atoms with Gasteiger partial charge in [-0.05, 0) is 67.3 Å². The Balaban J connectivity index is 1.82. The lowest BCUT2D eigenvalue weighted by molar-refractivity contribution is 0.415. The van der Waals surface area contributed by atoms with Crippen LogP contribution in [0.5, 0.6) is 0 Å². The fourth-order valence-electron chi connectivity index (χ4n) is 3.33. The largest absolute Gasteiger partial charge is 0.419 e. The molecule has 4 rings (SSSR count). The van der Waals surface area contributed by atoms with E-state index in [4.69, 9.17) is 4.42 Å². The number of sulfone groups is 1. The van der Waals surface area contributed by atoms with Gasteiger partial charge in [0, 0.05) is 23.1 Å². The summed E-state index contributed by atoms with van der Waals surface area (Å²) in [5.41, 5.74) is 0.523. The summed E-state index contributed by atoms with van der Waals surface area (Å²) in [6, 6.07) is 12.1. The molecule has 2 aromatic carbocycles. The second-order valence-electron chi connectivity index (χ2n) is 7.26. The Morgan fingerprint density at radius 2 is 1.69 bits per heavy atom. The van der Waals surface area contributed by atoms with E-state index >= 15 is 0 Å². The van der Waals surface area contributed by atoms with Crippen LogP contribution in [0.25, 0.3) is 11.5 Å². The molecule has 5 nitrogen and oxygen atoms in total. The molecule has 1 fully saturated rings. The average molecular weight is 479 g/mol. The predicted molar refractivity (Wildman–Crippen MR) is 112 cm³/mol. The van der Waals surface area contributed by atoms with Gasteiger partial charge in [0.15, 0.2) is 0 Å². The van der Waals surface area contributed by atoms with E-state index in [9.17, 15) is 12.8 Å². The third-order valence-electron chi connectivity index (χ3n) is 5.12. The molecule has 152 valence electrons. The molecule has 0 amide bonds. The summed E-state index contributed by atoms with van der Waals surface area (Å²) in [5.74, 6) is 0.610. The molecule has 29 heavy (non-hydrogen) atoms. The molecule has 0 N–H and O–H groups in total. The number of piperidine rings is 1. The number of aromatic nitrogens is 1. The molecule has 1 saturated heterocycles. The van der Waals surface area contributed by atoms with Crippen LogP contribution in [0.1, 0.15) is 19.8 Å². The maximum absolute atomic E-state index is 13.3. The van der Waals surface area contributed by atoms with Gasteiger partial charge in [0.25, 0.3) is 0 Å². The van der Waals surface area contributed by atoms with Gasteiger partial charge in [-0.3, -0.25) is 0 Å². The number of hydrogen-bond donors (Lipinski definition) is 0. The lowest BCUT2D eigenvalue weighted by Gasteiger charge is -2.30. The Hall–Kier alpha value is -2.19. The first kappa shape index (κ1) is 20.1. The zero-order valence-corrected chi connectivity index (χ0v) is 18.2. The van der Waals surface area contributed by atoms with Crippen molar-refractivity contribution in [2.45, 2.75) is 29.7 Å². The van der Waals surface area contributed by atoms with Crippen LogP contribution in [0.15, 0.2) is 67.3 Å². The van der Waals surface area contributed by atoms with Crippen molar-refractivity contribution < 1.29 is 17.2 Å². The summed E-state index contributed by atoms with van der Waals surface area (Å²) >= 11 is 3.32. The molecule has 0 saturated carbocycles. The van der Waals surface area contributed by atoms with E-state index in [2.05, 4.69) is 27.8 Å². The maximum Gasteiger partial charge on any atom is 0.236 e. The van der Waals surface area contributed by atoms with Gasteiger partial charge < -0.3 is 9.32 Å². The van der Waals surface area contributed by atoms with Crippen LogP contribution in [-0.2, 0) is 9.84 Å². The first-order chi connectivity index (χ1) is 13.8. The maximum atomic E-state index is 13.3. The van der Waals surface area contributed by atoms with Gasteiger partial charge in [0.05, 0.1) is 4.90 Å². The Labute approximate surface area is 177 Å². The van der Waals surface area contributed by atoms with Crippen LogP contribution in [0.2, 0.25) is 0 Å². The molecule has 0 radical (unpaired) electrons. The van der Waals surface area contributed by atoms with Crippen molar-refractivity contribution in [3.05, 3.63) is 58.8 Å². The molecular formula is C21H20BrFN2O3S. The molecule has 0 aliphatic carbocycles. The number of benzene rings is 2. The minimum absolute atomic E-state index is 0.103. The first-order valence-corrected chi connectivity index (χ1v) is 11.6. The standard InChI is InChI=1S/C21H20BrFN2O3S/c1-14-10-12-25(13-11-14)21-20(29(26,27)18-8-4-16(22)5-9-18)24-19(28-21)15-2-6-17(23)7-3-15/h2-9,14H,10-13H2,1H3. The van der Waals surface area contributed by atoms with Gasteiger partial charge in [0.2, 0.25) is 26.6 Å². The van der Waals surface area contributed by atoms with Crippen molar-refractivity contribution in [1.82, 2.24) is 4.98 Å². The van der Waals surface area contributed by atoms with Crippen molar-refractivity contribution in [1.29, 1.82) is 0 Å². The van der Waals surface area contributed by atoms with E-state index in [0.717, 1.165) is 17.3 Å². The van der Waals surface area contributed by atoms with Gasteiger partial charge in [-0.1, -0.05) is 22.9 Å². The van der Waals surface area contributed by atoms with Crippen LogP contribution < -0.4 is 4.90 Å². The molecule has 1 aliphatic heterocycles. The molecule has 1 aliphatic rings. The number of nitrogens with zero attached hydrogens (tertiary/aromatic N) is 2. The molecular weight excluding hydrogens is 459 g/mol. The van der Waals surface area contributed by atoms with Crippen LogP contribution in [0, 0.1) is 11.7 Å². The minimum atomic E-state index is -3.89. The second kappa shape index (κ2) is 7.91. The summed E-state index contributed by atoms with van der Waals surface area (Å²) in [6.45, 7) is 3.57. The van der Waals surface area contributed by atoms with Gasteiger partial charge in [-0.15, -0.1) is 0 Å². The highest BCUT2D eigenvalue weighted by molar-refractivity contribution is 9.10. The molecule has 0 unspecified atom stereocenters. The molecule has 8 heteroatoms. The topological polar surface area (TPSA) is 63.4 Å². The minimum Gasteiger partial charge on any atom is -0.419 e. The summed E-state index contributed by atoms with van der Waals surface area (Å²) < 4.78 is 46.7. The van der Waals surface area contributed by atoms with E-state index in [1.807, 2.05) is 4.90 Å². The van der Waals surface area contributed by atoms with E-state index in [1.54, 1.807) is 12.1 Å². The number of oxazole rings is 1. The fourth-order valence-corrected chi connectivity index (χ4v) is 4.91. The Morgan fingerprint density at radius 1 is 1.07 bits per heavy atom. The average Bonchev–Trinajstić information content (AvgIpc) is 3.16. The lowest BCUT2D eigenvalue weighted by atomic mass is 9.99. The lowest BCUT2D eigenvalue weighted by Crippen LogP contribution is -2.33. The van der Waals surface area contributed by atoms with Crippen LogP contribution in [0.3, 0.4) is 0 Å². The second-order valence-corrected chi connectivity index (χ2v) is 10.0. The monoisotopic (exact) mass is 478 g/mol. The highest BCUT2D eigenvalue weighted by Crippen LogP contribution is 2.36. The Bertz CT molecular complexity index is 1100. The van der Waals surface area contributed by atoms with Crippen molar-refractivity contribution in [3.8, 4) is 11.5 Å². The summed E-state index contributed by atoms with van der Waals surface area (Å²) in [6.07, 6.45) is 1.90. The van der Waals surface area contributed by atoms with Crippen LogP contribution in [0.4, 0.5) is 10.3 Å². The molecule has 0 bridgehead atoms. The van der Waals surface area contributed by atoms with E-state index in [0.29, 0.717) is 24.6 Å². The van der Waals surface area contributed by atoms with E-state index < -0.39 is 9.84 Å². The smallest absolute Gasteiger partial charge is 0.236 e. The van der Waals surface area contributed by atoms with Crippen LogP contribution >= 0.6 is 15.9 Å². The summed E-state index contributed by atoms with van der Waals surface area (Å²) in [4.78, 5) is 6.43. The van der Waals surface area contributed by atoms with E-state index in [-0.39, 0.29) is 27.5 Å². The molecule has 2 heterocycles. The summed E-state index contributed by atoms with van der Waals surface area (Å²) in [7, 11) is -3.89. The quantitative estimate of drug-likeness (QED) is 0.508. The van der Waals surface area contributed by atoms with Crippen molar-refractivity contribution in [2.75, 3.05) is 18.0 Å². The number of anilines is 1. The van der Waals surface area contributed by atoms with E-state index in [1.165, 1.54) is 36.4 Å². The number of rotatable bonds is 4. The number of hydrogen-bond acceptors (Lipinski definition) is 5. The molecule has 3 aromatic rings. The fraction of sp³-hybridized carbons (Fsp3) is 0.286. The van der Waals surface area contributed by atoms with Gasteiger partial charge in [-0.2, -0.15) is 4.98 Å². The Morgan fingerprint density at radius 3 is 2.31 bits per heavy atom. The van der Waals surface area contributed by atoms with Crippen LogP contribution in [-0.4, -0.2) is 26.5 Å². The summed E-state index contributed by atoms with van der Waals surface area (Å²) in [5, 5.41) is -0.103. The van der Waals surface area contributed by atoms with Gasteiger partial charge >= 0.3 is 0 Å². The van der Waals surface area contributed by atoms with Crippen molar-refractivity contribution in [3.63, 3.8) is 0 Å². The molecule has 1 aromatic heterocycles. The predicted octanol–water partition coefficient (Wildman–Crippen LogP) is 5.31. The third kappa shape index (κ3) is 4.09. The normalized spacial score (nSPS) is 15.6. The van der Waals surface area contributed by atoms with Gasteiger partial charge in [0.1, 0.15) is 5.82 Å². The van der Waals surface area contributed by atoms with Crippen molar-refractivity contribution >= 4 is 31.7 Å². The highest BCUT2D eigenvalue weighted by Gasteiger charge is 2.32. The molecule has 0 spiro atoms. The first-order valence-electron chi connectivity index (χ1n) is 9.37.